The highest BCUT2D eigenvalue weighted by molar-refractivity contribution is 5.39. The highest BCUT2D eigenvalue weighted by atomic mass is 16.3. The summed E-state index contributed by atoms with van der Waals surface area (Å²) in [5, 5.41) is 9.69. The van der Waals surface area contributed by atoms with Crippen LogP contribution in [0.15, 0.2) is 29.2 Å². The fourth-order valence-corrected chi connectivity index (χ4v) is 2.60. The van der Waals surface area contributed by atoms with Crippen LogP contribution in [0.25, 0.3) is 5.65 Å². The Balaban J connectivity index is 1.90. The zero-order valence-corrected chi connectivity index (χ0v) is 11.1. The highest BCUT2D eigenvalue weighted by Crippen LogP contribution is 2.21. The summed E-state index contributed by atoms with van der Waals surface area (Å²) in [5.41, 5.74) is 1.80. The molecule has 5 nitrogen and oxygen atoms in total. The average molecular weight is 259 g/mol. The lowest BCUT2D eigenvalue weighted by Gasteiger charge is -2.44. The van der Waals surface area contributed by atoms with Crippen molar-refractivity contribution in [3.05, 3.63) is 46.0 Å². The second kappa shape index (κ2) is 4.15. The molecule has 0 aromatic carbocycles. The van der Waals surface area contributed by atoms with Crippen molar-refractivity contribution in [2.24, 2.45) is 0 Å². The van der Waals surface area contributed by atoms with Crippen LogP contribution in [0.3, 0.4) is 0 Å². The molecule has 0 spiro atoms. The standard InChI is InChI=1S/C14H17N3O2/c1-10-3-4-12-15-11(5-13(18)17(12)6-10)7-16-8-14(2,19)9-16/h3-6,19H,7-9H2,1-2H3. The van der Waals surface area contributed by atoms with E-state index in [0.29, 0.717) is 25.3 Å². The molecule has 0 atom stereocenters. The molecule has 0 bridgehead atoms. The van der Waals surface area contributed by atoms with Crippen LogP contribution >= 0.6 is 0 Å². The van der Waals surface area contributed by atoms with E-state index in [4.69, 9.17) is 0 Å². The summed E-state index contributed by atoms with van der Waals surface area (Å²) in [6.45, 7) is 5.62. The second-order valence-corrected chi connectivity index (χ2v) is 5.66. The Bertz CT molecular complexity index is 683. The number of aromatic nitrogens is 2. The zero-order chi connectivity index (χ0) is 13.6. The smallest absolute Gasteiger partial charge is 0.258 e. The molecule has 2 aromatic heterocycles. The van der Waals surface area contributed by atoms with E-state index < -0.39 is 5.60 Å². The van der Waals surface area contributed by atoms with Gasteiger partial charge in [0.1, 0.15) is 5.65 Å². The maximum atomic E-state index is 12.0. The molecular weight excluding hydrogens is 242 g/mol. The van der Waals surface area contributed by atoms with Crippen LogP contribution < -0.4 is 5.56 Å². The largest absolute Gasteiger partial charge is 0.388 e. The number of rotatable bonds is 2. The summed E-state index contributed by atoms with van der Waals surface area (Å²) in [7, 11) is 0. The summed E-state index contributed by atoms with van der Waals surface area (Å²) in [4.78, 5) is 18.6. The van der Waals surface area contributed by atoms with Gasteiger partial charge in [-0.1, -0.05) is 6.07 Å². The minimum atomic E-state index is -0.594. The molecule has 1 saturated heterocycles. The van der Waals surface area contributed by atoms with Crippen molar-refractivity contribution >= 4 is 5.65 Å². The fourth-order valence-electron chi connectivity index (χ4n) is 2.60. The maximum absolute atomic E-state index is 12.0. The van der Waals surface area contributed by atoms with E-state index in [1.54, 1.807) is 16.7 Å². The molecule has 5 heteroatoms. The Morgan fingerprint density at radius 2 is 2.16 bits per heavy atom. The van der Waals surface area contributed by atoms with Gasteiger partial charge in [-0.3, -0.25) is 14.1 Å². The van der Waals surface area contributed by atoms with Crippen LogP contribution in [0.5, 0.6) is 0 Å². The number of hydrogen-bond donors (Lipinski definition) is 1. The molecule has 0 unspecified atom stereocenters. The number of hydrogen-bond acceptors (Lipinski definition) is 4. The summed E-state index contributed by atoms with van der Waals surface area (Å²) < 4.78 is 1.56. The van der Waals surface area contributed by atoms with Crippen molar-refractivity contribution in [2.45, 2.75) is 26.0 Å². The number of likely N-dealkylation sites (tertiary alicyclic amines) is 1. The van der Waals surface area contributed by atoms with Gasteiger partial charge >= 0.3 is 0 Å². The summed E-state index contributed by atoms with van der Waals surface area (Å²) in [6, 6.07) is 5.37. The zero-order valence-electron chi connectivity index (χ0n) is 11.1. The topological polar surface area (TPSA) is 57.8 Å². The van der Waals surface area contributed by atoms with Crippen LogP contribution in [0.1, 0.15) is 18.2 Å². The average Bonchev–Trinajstić information content (AvgIpc) is 2.28. The molecule has 0 aliphatic carbocycles. The number of aliphatic hydroxyl groups is 1. The molecule has 3 rings (SSSR count). The van der Waals surface area contributed by atoms with Gasteiger partial charge in [-0.2, -0.15) is 0 Å². The van der Waals surface area contributed by atoms with Crippen molar-refractivity contribution in [3.63, 3.8) is 0 Å². The quantitative estimate of drug-likeness (QED) is 0.856. The number of β-amino-alcohol motifs (C(OH)–C–C–N with tert-alkyl or cyclic N) is 1. The second-order valence-electron chi connectivity index (χ2n) is 5.66. The molecule has 1 aliphatic heterocycles. The molecule has 1 aliphatic rings. The predicted octanol–water partition coefficient (Wildman–Crippen LogP) is 0.570. The van der Waals surface area contributed by atoms with Crippen LogP contribution in [-0.2, 0) is 6.54 Å². The number of pyridine rings is 1. The lowest BCUT2D eigenvalue weighted by atomic mass is 9.97. The predicted molar refractivity (Wildman–Crippen MR) is 72.1 cm³/mol. The molecule has 0 radical (unpaired) electrons. The van der Waals surface area contributed by atoms with Gasteiger partial charge in [-0.05, 0) is 25.5 Å². The highest BCUT2D eigenvalue weighted by Gasteiger charge is 2.36. The Kier molecular flexibility index (Phi) is 2.69. The van der Waals surface area contributed by atoms with E-state index in [1.165, 1.54) is 0 Å². The molecular formula is C14H17N3O2. The summed E-state index contributed by atoms with van der Waals surface area (Å²) in [6.07, 6.45) is 1.79. The number of nitrogens with zero attached hydrogens (tertiary/aromatic N) is 3. The minimum absolute atomic E-state index is 0.0593. The normalized spacial score (nSPS) is 18.5. The monoisotopic (exact) mass is 259 g/mol. The van der Waals surface area contributed by atoms with E-state index in [-0.39, 0.29) is 5.56 Å². The van der Waals surface area contributed by atoms with Gasteiger partial charge in [-0.25, -0.2) is 4.98 Å². The molecule has 3 heterocycles. The van der Waals surface area contributed by atoms with E-state index in [9.17, 15) is 9.90 Å². The van der Waals surface area contributed by atoms with Gasteiger partial charge < -0.3 is 5.11 Å². The molecule has 1 fully saturated rings. The third-order valence-electron chi connectivity index (χ3n) is 3.37. The first-order valence-corrected chi connectivity index (χ1v) is 6.37. The molecule has 1 N–H and O–H groups in total. The Hall–Kier alpha value is -1.72. The van der Waals surface area contributed by atoms with Crippen molar-refractivity contribution < 1.29 is 5.11 Å². The van der Waals surface area contributed by atoms with Gasteiger partial charge in [0.15, 0.2) is 0 Å². The van der Waals surface area contributed by atoms with Gasteiger partial charge in [-0.15, -0.1) is 0 Å². The molecule has 2 aromatic rings. The Labute approximate surface area is 111 Å². The van der Waals surface area contributed by atoms with Crippen LogP contribution in [0.2, 0.25) is 0 Å². The van der Waals surface area contributed by atoms with Crippen molar-refractivity contribution in [2.75, 3.05) is 13.1 Å². The first-order valence-electron chi connectivity index (χ1n) is 6.37. The lowest BCUT2D eigenvalue weighted by molar-refractivity contribution is -0.0875. The third kappa shape index (κ3) is 2.39. The Morgan fingerprint density at radius 1 is 1.42 bits per heavy atom. The van der Waals surface area contributed by atoms with Gasteiger partial charge in [0.05, 0.1) is 11.3 Å². The summed E-state index contributed by atoms with van der Waals surface area (Å²) in [5.74, 6) is 0. The van der Waals surface area contributed by atoms with Crippen LogP contribution in [0.4, 0.5) is 0 Å². The SMILES string of the molecule is Cc1ccc2nc(CN3CC(C)(O)C3)cc(=O)n2c1. The maximum Gasteiger partial charge on any atom is 0.258 e. The molecule has 0 saturated carbocycles. The van der Waals surface area contributed by atoms with Crippen molar-refractivity contribution in [3.8, 4) is 0 Å². The third-order valence-corrected chi connectivity index (χ3v) is 3.37. The van der Waals surface area contributed by atoms with Gasteiger partial charge in [0.25, 0.3) is 5.56 Å². The van der Waals surface area contributed by atoms with Gasteiger partial charge in [0.2, 0.25) is 0 Å². The first-order chi connectivity index (χ1) is 8.93. The number of aryl methyl sites for hydroxylation is 1. The van der Waals surface area contributed by atoms with Crippen LogP contribution in [0, 0.1) is 6.92 Å². The minimum Gasteiger partial charge on any atom is -0.388 e. The van der Waals surface area contributed by atoms with E-state index in [0.717, 1.165) is 11.3 Å². The Morgan fingerprint density at radius 3 is 2.84 bits per heavy atom. The lowest BCUT2D eigenvalue weighted by Crippen LogP contribution is -2.59. The molecule has 100 valence electrons. The van der Waals surface area contributed by atoms with E-state index >= 15 is 0 Å². The van der Waals surface area contributed by atoms with Crippen molar-refractivity contribution in [1.29, 1.82) is 0 Å². The van der Waals surface area contributed by atoms with E-state index in [2.05, 4.69) is 9.88 Å². The number of fused-ring (bicyclic) bond motifs is 1. The fraction of sp³-hybridized carbons (Fsp3) is 0.429. The van der Waals surface area contributed by atoms with Crippen molar-refractivity contribution in [1.82, 2.24) is 14.3 Å². The van der Waals surface area contributed by atoms with Crippen LogP contribution in [-0.4, -0.2) is 38.1 Å². The first kappa shape index (κ1) is 12.3. The summed E-state index contributed by atoms with van der Waals surface area (Å²) >= 11 is 0. The molecule has 19 heavy (non-hydrogen) atoms. The van der Waals surface area contributed by atoms with E-state index in [1.807, 2.05) is 26.0 Å². The molecule has 0 amide bonds. The van der Waals surface area contributed by atoms with Gasteiger partial charge in [0, 0.05) is 31.9 Å².